The zero-order valence-electron chi connectivity index (χ0n) is 11.1. The van der Waals surface area contributed by atoms with Crippen LogP contribution in [0, 0.1) is 5.82 Å². The molecule has 1 fully saturated rings. The van der Waals surface area contributed by atoms with Crippen LogP contribution in [0.15, 0.2) is 24.3 Å². The summed E-state index contributed by atoms with van der Waals surface area (Å²) >= 11 is 0. The molecular formula is C13H17FN4O2. The summed E-state index contributed by atoms with van der Waals surface area (Å²) in [6, 6.07) is 4.66. The van der Waals surface area contributed by atoms with Gasteiger partial charge in [0.15, 0.2) is 0 Å². The van der Waals surface area contributed by atoms with E-state index >= 15 is 0 Å². The monoisotopic (exact) mass is 280 g/mol. The third kappa shape index (κ3) is 3.24. The molecule has 1 aliphatic heterocycles. The van der Waals surface area contributed by atoms with Gasteiger partial charge in [0.2, 0.25) is 5.91 Å². The molecule has 0 aliphatic carbocycles. The number of halogens is 1. The lowest BCUT2D eigenvalue weighted by molar-refractivity contribution is -0.125. The Morgan fingerprint density at radius 2 is 2.25 bits per heavy atom. The van der Waals surface area contributed by atoms with Gasteiger partial charge in [0.1, 0.15) is 11.9 Å². The summed E-state index contributed by atoms with van der Waals surface area (Å²) in [5.41, 5.74) is 0.365. The average Bonchev–Trinajstić information content (AvgIpc) is 2.46. The molecule has 1 saturated heterocycles. The van der Waals surface area contributed by atoms with Gasteiger partial charge in [-0.15, -0.1) is 0 Å². The maximum absolute atomic E-state index is 13.1. The highest BCUT2D eigenvalue weighted by Gasteiger charge is 2.31. The normalized spacial score (nSPS) is 18.5. The van der Waals surface area contributed by atoms with Gasteiger partial charge in [0.05, 0.1) is 0 Å². The van der Waals surface area contributed by atoms with Crippen molar-refractivity contribution in [3.63, 3.8) is 0 Å². The fraction of sp³-hybridized carbons (Fsp3) is 0.385. The molecule has 0 spiro atoms. The summed E-state index contributed by atoms with van der Waals surface area (Å²) in [6.07, 6.45) is 0. The smallest absolute Gasteiger partial charge is 0.322 e. The van der Waals surface area contributed by atoms with Gasteiger partial charge < -0.3 is 20.9 Å². The van der Waals surface area contributed by atoms with Crippen LogP contribution in [0.5, 0.6) is 0 Å². The number of likely N-dealkylation sites (N-methyl/N-ethyl adjacent to an activating group) is 1. The quantitative estimate of drug-likeness (QED) is 0.733. The molecule has 1 atom stereocenters. The van der Waals surface area contributed by atoms with Crippen LogP contribution < -0.4 is 16.0 Å². The molecule has 1 aromatic carbocycles. The first kappa shape index (κ1) is 14.3. The van der Waals surface area contributed by atoms with E-state index in [9.17, 15) is 14.0 Å². The van der Waals surface area contributed by atoms with E-state index in [0.29, 0.717) is 25.3 Å². The molecule has 20 heavy (non-hydrogen) atoms. The Kier molecular flexibility index (Phi) is 4.52. The Balaban J connectivity index is 2.08. The predicted molar refractivity (Wildman–Crippen MR) is 72.8 cm³/mol. The average molecular weight is 280 g/mol. The third-order valence-corrected chi connectivity index (χ3v) is 3.13. The first-order valence-electron chi connectivity index (χ1n) is 6.37. The molecule has 1 aromatic rings. The van der Waals surface area contributed by atoms with E-state index in [1.807, 2.05) is 0 Å². The highest BCUT2D eigenvalue weighted by molar-refractivity contribution is 5.94. The topological polar surface area (TPSA) is 73.5 Å². The van der Waals surface area contributed by atoms with Gasteiger partial charge >= 0.3 is 6.03 Å². The summed E-state index contributed by atoms with van der Waals surface area (Å²) < 4.78 is 13.1. The van der Waals surface area contributed by atoms with E-state index in [-0.39, 0.29) is 5.91 Å². The molecule has 1 heterocycles. The van der Waals surface area contributed by atoms with Crippen LogP contribution in [0.3, 0.4) is 0 Å². The number of anilines is 1. The lowest BCUT2D eigenvalue weighted by Crippen LogP contribution is -2.60. The van der Waals surface area contributed by atoms with Gasteiger partial charge in [0, 0.05) is 32.4 Å². The molecule has 108 valence electrons. The zero-order valence-corrected chi connectivity index (χ0v) is 11.1. The number of benzene rings is 1. The lowest BCUT2D eigenvalue weighted by Gasteiger charge is -2.34. The highest BCUT2D eigenvalue weighted by atomic mass is 19.1. The molecule has 1 unspecified atom stereocenters. The first-order chi connectivity index (χ1) is 9.61. The maximum Gasteiger partial charge on any atom is 0.322 e. The number of urea groups is 1. The summed E-state index contributed by atoms with van der Waals surface area (Å²) in [4.78, 5) is 25.4. The fourth-order valence-corrected chi connectivity index (χ4v) is 2.11. The van der Waals surface area contributed by atoms with Crippen molar-refractivity contribution in [2.75, 3.05) is 32.0 Å². The van der Waals surface area contributed by atoms with Crippen molar-refractivity contribution < 1.29 is 14.0 Å². The van der Waals surface area contributed by atoms with Gasteiger partial charge in [-0.1, -0.05) is 6.07 Å². The maximum atomic E-state index is 13.1. The molecule has 0 bridgehead atoms. The highest BCUT2D eigenvalue weighted by Crippen LogP contribution is 2.12. The molecule has 1 aliphatic rings. The van der Waals surface area contributed by atoms with Crippen LogP contribution in [-0.2, 0) is 4.79 Å². The van der Waals surface area contributed by atoms with E-state index in [4.69, 9.17) is 0 Å². The Labute approximate surface area is 116 Å². The first-order valence-corrected chi connectivity index (χ1v) is 6.37. The van der Waals surface area contributed by atoms with Crippen molar-refractivity contribution in [1.29, 1.82) is 0 Å². The number of carbonyl (C=O) groups is 2. The molecule has 6 nitrogen and oxygen atoms in total. The van der Waals surface area contributed by atoms with Crippen molar-refractivity contribution in [3.8, 4) is 0 Å². The molecule has 0 aromatic heterocycles. The molecule has 3 N–H and O–H groups in total. The SMILES string of the molecule is CNC(=O)C1CNCCN1C(=O)Nc1cccc(F)c1. The van der Waals surface area contributed by atoms with Crippen LogP contribution in [0.2, 0.25) is 0 Å². The molecule has 2 rings (SSSR count). The van der Waals surface area contributed by atoms with Crippen LogP contribution in [0.25, 0.3) is 0 Å². The summed E-state index contributed by atoms with van der Waals surface area (Å²) in [6.45, 7) is 1.43. The Morgan fingerprint density at radius 1 is 1.45 bits per heavy atom. The van der Waals surface area contributed by atoms with Crippen molar-refractivity contribution in [2.45, 2.75) is 6.04 Å². The lowest BCUT2D eigenvalue weighted by atomic mass is 10.2. The minimum atomic E-state index is -0.567. The number of nitrogens with one attached hydrogen (secondary N) is 3. The zero-order chi connectivity index (χ0) is 14.5. The van der Waals surface area contributed by atoms with Crippen LogP contribution in [0.1, 0.15) is 0 Å². The number of piperazine rings is 1. The minimum Gasteiger partial charge on any atom is -0.357 e. The summed E-state index contributed by atoms with van der Waals surface area (Å²) in [5.74, 6) is -0.655. The Morgan fingerprint density at radius 3 is 2.95 bits per heavy atom. The van der Waals surface area contributed by atoms with Crippen LogP contribution in [0.4, 0.5) is 14.9 Å². The molecule has 0 saturated carbocycles. The van der Waals surface area contributed by atoms with Gasteiger partial charge in [-0.3, -0.25) is 4.79 Å². The van der Waals surface area contributed by atoms with Gasteiger partial charge in [-0.2, -0.15) is 0 Å². The third-order valence-electron chi connectivity index (χ3n) is 3.13. The second-order valence-corrected chi connectivity index (χ2v) is 4.47. The fourth-order valence-electron chi connectivity index (χ4n) is 2.11. The number of nitrogens with zero attached hydrogens (tertiary/aromatic N) is 1. The van der Waals surface area contributed by atoms with Crippen molar-refractivity contribution in [1.82, 2.24) is 15.5 Å². The molecule has 3 amide bonds. The number of hydrogen-bond acceptors (Lipinski definition) is 3. The van der Waals surface area contributed by atoms with E-state index in [0.717, 1.165) is 0 Å². The molecular weight excluding hydrogens is 263 g/mol. The van der Waals surface area contributed by atoms with Gasteiger partial charge in [0.25, 0.3) is 0 Å². The summed E-state index contributed by atoms with van der Waals surface area (Å²) in [5, 5.41) is 8.20. The van der Waals surface area contributed by atoms with E-state index in [1.54, 1.807) is 6.07 Å². The number of hydrogen-bond donors (Lipinski definition) is 3. The minimum absolute atomic E-state index is 0.230. The standard InChI is InChI=1S/C13H17FN4O2/c1-15-12(19)11-8-16-5-6-18(11)13(20)17-10-4-2-3-9(14)7-10/h2-4,7,11,16H,5-6,8H2,1H3,(H,15,19)(H,17,20). The van der Waals surface area contributed by atoms with E-state index in [2.05, 4.69) is 16.0 Å². The predicted octanol–water partition coefficient (Wildman–Crippen LogP) is 0.377. The van der Waals surface area contributed by atoms with Crippen molar-refractivity contribution >= 4 is 17.6 Å². The van der Waals surface area contributed by atoms with E-state index < -0.39 is 17.9 Å². The van der Waals surface area contributed by atoms with Crippen LogP contribution in [-0.4, -0.2) is 49.6 Å². The van der Waals surface area contributed by atoms with Crippen LogP contribution >= 0.6 is 0 Å². The second kappa shape index (κ2) is 6.33. The van der Waals surface area contributed by atoms with Gasteiger partial charge in [-0.05, 0) is 18.2 Å². The van der Waals surface area contributed by atoms with Gasteiger partial charge in [-0.25, -0.2) is 9.18 Å². The Bertz CT molecular complexity index is 509. The Hall–Kier alpha value is -2.15. The number of rotatable bonds is 2. The molecule has 7 heteroatoms. The molecule has 0 radical (unpaired) electrons. The second-order valence-electron chi connectivity index (χ2n) is 4.47. The van der Waals surface area contributed by atoms with Crippen molar-refractivity contribution in [3.05, 3.63) is 30.1 Å². The summed E-state index contributed by atoms with van der Waals surface area (Å²) in [7, 11) is 1.53. The number of carbonyl (C=O) groups excluding carboxylic acids is 2. The largest absolute Gasteiger partial charge is 0.357 e. The van der Waals surface area contributed by atoms with E-state index in [1.165, 1.54) is 30.1 Å². The number of amides is 3. The van der Waals surface area contributed by atoms with Crippen molar-refractivity contribution in [2.24, 2.45) is 0 Å².